The first-order valence-corrected chi connectivity index (χ1v) is 8.71. The highest BCUT2D eigenvalue weighted by Gasteiger charge is 2.26. The maximum absolute atomic E-state index is 14.2. The highest BCUT2D eigenvalue weighted by atomic mass is 19.1. The molecule has 2 aromatic carbocycles. The summed E-state index contributed by atoms with van der Waals surface area (Å²) in [5.41, 5.74) is 14.9. The molecule has 1 aliphatic rings. The van der Waals surface area contributed by atoms with Gasteiger partial charge in [-0.1, -0.05) is 25.1 Å². The van der Waals surface area contributed by atoms with E-state index in [0.29, 0.717) is 18.2 Å². The summed E-state index contributed by atoms with van der Waals surface area (Å²) in [7, 11) is 0. The van der Waals surface area contributed by atoms with Crippen LogP contribution in [-0.2, 0) is 6.54 Å². The van der Waals surface area contributed by atoms with E-state index in [9.17, 15) is 8.78 Å². The molecule has 1 heterocycles. The number of guanidine groups is 1. The van der Waals surface area contributed by atoms with Crippen molar-refractivity contribution >= 4 is 11.6 Å². The molecule has 2 aromatic rings. The van der Waals surface area contributed by atoms with Gasteiger partial charge in [0.05, 0.1) is 0 Å². The monoisotopic (exact) mass is 371 g/mol. The van der Waals surface area contributed by atoms with Crippen molar-refractivity contribution in [2.75, 3.05) is 5.32 Å². The number of rotatable bonds is 4. The van der Waals surface area contributed by atoms with Gasteiger partial charge in [0, 0.05) is 29.4 Å². The number of hydrogen-bond donors (Lipinski definition) is 4. The van der Waals surface area contributed by atoms with E-state index in [1.807, 2.05) is 24.3 Å². The van der Waals surface area contributed by atoms with Gasteiger partial charge in [0.1, 0.15) is 17.8 Å². The van der Waals surface area contributed by atoms with Crippen LogP contribution in [0.4, 0.5) is 14.5 Å². The van der Waals surface area contributed by atoms with Gasteiger partial charge in [0.2, 0.25) is 5.96 Å². The maximum atomic E-state index is 14.2. The van der Waals surface area contributed by atoms with Gasteiger partial charge in [-0.25, -0.2) is 13.8 Å². The summed E-state index contributed by atoms with van der Waals surface area (Å²) in [6.45, 7) is 4.00. The van der Waals surface area contributed by atoms with Crippen LogP contribution < -0.4 is 22.1 Å². The zero-order chi connectivity index (χ0) is 19.6. The maximum Gasteiger partial charge on any atom is 0.202 e. The number of nitrogens with zero attached hydrogens (tertiary/aromatic N) is 1. The third-order valence-corrected chi connectivity index (χ3v) is 4.71. The average Bonchev–Trinajstić information content (AvgIpc) is 2.65. The van der Waals surface area contributed by atoms with Crippen LogP contribution in [0.1, 0.15) is 30.9 Å². The van der Waals surface area contributed by atoms with Crippen molar-refractivity contribution in [3.8, 4) is 0 Å². The van der Waals surface area contributed by atoms with Crippen molar-refractivity contribution in [1.29, 1.82) is 0 Å². The number of anilines is 1. The standard InChI is InChI=1S/C20H23F2N5/c1-11(17-15(21)4-3-5-16(17)22)18-12(2)19(24)27-20(26-18)25-14-8-6-13(10-23)7-9-14/h3-9,11,19H,10,23-24H2,1-2H3,(H2,25,26,27)/t11-,19?/m1/s1. The number of nitrogens with two attached hydrogens (primary N) is 2. The third kappa shape index (κ3) is 3.99. The molecule has 0 amide bonds. The number of halogens is 2. The van der Waals surface area contributed by atoms with Gasteiger partial charge < -0.3 is 22.1 Å². The van der Waals surface area contributed by atoms with E-state index in [0.717, 1.165) is 16.8 Å². The zero-order valence-electron chi connectivity index (χ0n) is 15.3. The molecule has 2 atom stereocenters. The minimum absolute atomic E-state index is 0.0000914. The quantitative estimate of drug-likeness (QED) is 0.665. The first kappa shape index (κ1) is 19.0. The molecule has 0 spiro atoms. The Bertz CT molecular complexity index is 869. The van der Waals surface area contributed by atoms with Crippen molar-refractivity contribution < 1.29 is 8.78 Å². The molecule has 1 aliphatic heterocycles. The van der Waals surface area contributed by atoms with Crippen molar-refractivity contribution in [3.63, 3.8) is 0 Å². The summed E-state index contributed by atoms with van der Waals surface area (Å²) < 4.78 is 28.4. The van der Waals surface area contributed by atoms with Crippen LogP contribution >= 0.6 is 0 Å². The molecule has 0 bridgehead atoms. The summed E-state index contributed by atoms with van der Waals surface area (Å²) >= 11 is 0. The van der Waals surface area contributed by atoms with Crippen LogP contribution in [0.5, 0.6) is 0 Å². The van der Waals surface area contributed by atoms with Crippen LogP contribution in [0.25, 0.3) is 0 Å². The van der Waals surface area contributed by atoms with E-state index in [4.69, 9.17) is 11.5 Å². The molecule has 1 unspecified atom stereocenters. The Balaban J connectivity index is 1.85. The number of nitrogens with one attached hydrogen (secondary N) is 2. The first-order chi connectivity index (χ1) is 12.9. The van der Waals surface area contributed by atoms with Crippen molar-refractivity contribution in [3.05, 3.63) is 76.5 Å². The number of aliphatic imine (C=N–C) groups is 1. The number of benzene rings is 2. The molecule has 142 valence electrons. The van der Waals surface area contributed by atoms with Gasteiger partial charge in [-0.05, 0) is 42.3 Å². The summed E-state index contributed by atoms with van der Waals surface area (Å²) in [5, 5.41) is 6.29. The van der Waals surface area contributed by atoms with E-state index in [1.165, 1.54) is 18.2 Å². The largest absolute Gasteiger partial charge is 0.329 e. The molecule has 5 nitrogen and oxygen atoms in total. The number of hydrogen-bond acceptors (Lipinski definition) is 5. The van der Waals surface area contributed by atoms with Crippen molar-refractivity contribution in [1.82, 2.24) is 5.32 Å². The fourth-order valence-electron chi connectivity index (χ4n) is 3.10. The molecular formula is C20H23F2N5. The Kier molecular flexibility index (Phi) is 5.53. The van der Waals surface area contributed by atoms with Crippen LogP contribution in [0.15, 0.2) is 58.7 Å². The number of allylic oxidation sites excluding steroid dienone is 1. The molecule has 0 saturated carbocycles. The fourth-order valence-corrected chi connectivity index (χ4v) is 3.10. The second-order valence-corrected chi connectivity index (χ2v) is 6.53. The molecule has 6 N–H and O–H groups in total. The minimum Gasteiger partial charge on any atom is -0.329 e. The van der Waals surface area contributed by atoms with Crippen LogP contribution in [-0.4, -0.2) is 12.1 Å². The second kappa shape index (κ2) is 7.85. The van der Waals surface area contributed by atoms with E-state index >= 15 is 0 Å². The molecule has 27 heavy (non-hydrogen) atoms. The molecule has 0 saturated heterocycles. The third-order valence-electron chi connectivity index (χ3n) is 4.71. The van der Waals surface area contributed by atoms with Crippen LogP contribution in [0, 0.1) is 11.6 Å². The highest BCUT2D eigenvalue weighted by Crippen LogP contribution is 2.31. The fraction of sp³-hybridized carbons (Fsp3) is 0.250. The van der Waals surface area contributed by atoms with Crippen LogP contribution in [0.3, 0.4) is 0 Å². The van der Waals surface area contributed by atoms with Crippen molar-refractivity contribution in [2.24, 2.45) is 16.5 Å². The topological polar surface area (TPSA) is 88.5 Å². The average molecular weight is 371 g/mol. The van der Waals surface area contributed by atoms with E-state index in [-0.39, 0.29) is 5.56 Å². The van der Waals surface area contributed by atoms with Gasteiger partial charge in [-0.3, -0.25) is 0 Å². The summed E-state index contributed by atoms with van der Waals surface area (Å²) in [5.74, 6) is -1.31. The second-order valence-electron chi connectivity index (χ2n) is 6.53. The van der Waals surface area contributed by atoms with E-state index in [2.05, 4.69) is 15.6 Å². The first-order valence-electron chi connectivity index (χ1n) is 8.71. The van der Waals surface area contributed by atoms with Crippen LogP contribution in [0.2, 0.25) is 0 Å². The smallest absolute Gasteiger partial charge is 0.202 e. The predicted octanol–water partition coefficient (Wildman–Crippen LogP) is 3.16. The lowest BCUT2D eigenvalue weighted by molar-refractivity contribution is 0.539. The molecule has 0 aliphatic carbocycles. The predicted molar refractivity (Wildman–Crippen MR) is 104 cm³/mol. The molecule has 0 aromatic heterocycles. The van der Waals surface area contributed by atoms with Gasteiger partial charge in [0.15, 0.2) is 0 Å². The summed E-state index contributed by atoms with van der Waals surface area (Å²) in [4.78, 5) is 4.37. The van der Waals surface area contributed by atoms with Gasteiger partial charge in [-0.15, -0.1) is 0 Å². The molecule has 0 radical (unpaired) electrons. The zero-order valence-corrected chi connectivity index (χ0v) is 15.3. The van der Waals surface area contributed by atoms with Gasteiger partial charge in [-0.2, -0.15) is 0 Å². The minimum atomic E-state index is -0.607. The lowest BCUT2D eigenvalue weighted by atomic mass is 9.92. The van der Waals surface area contributed by atoms with Gasteiger partial charge >= 0.3 is 0 Å². The summed E-state index contributed by atoms with van der Waals surface area (Å²) in [6.07, 6.45) is -0.607. The molecule has 3 rings (SSSR count). The Morgan fingerprint density at radius 2 is 1.78 bits per heavy atom. The SMILES string of the molecule is CC1=C([C@H](C)c2c(F)cccc2F)NC(Nc2ccc(CN)cc2)=NC1N. The Hall–Kier alpha value is -2.77. The Morgan fingerprint density at radius 3 is 2.37 bits per heavy atom. The molecule has 0 fully saturated rings. The Labute approximate surface area is 157 Å². The van der Waals surface area contributed by atoms with Gasteiger partial charge in [0.25, 0.3) is 0 Å². The Morgan fingerprint density at radius 1 is 1.15 bits per heavy atom. The normalized spacial score (nSPS) is 18.0. The van der Waals surface area contributed by atoms with E-state index < -0.39 is 23.7 Å². The lowest BCUT2D eigenvalue weighted by Gasteiger charge is -2.29. The highest BCUT2D eigenvalue weighted by molar-refractivity contribution is 5.95. The summed E-state index contributed by atoms with van der Waals surface area (Å²) in [6, 6.07) is 11.4. The molecule has 7 heteroatoms. The van der Waals surface area contributed by atoms with Crippen molar-refractivity contribution in [2.45, 2.75) is 32.5 Å². The lowest BCUT2D eigenvalue weighted by Crippen LogP contribution is -2.41. The van der Waals surface area contributed by atoms with E-state index in [1.54, 1.807) is 13.8 Å². The molecular weight excluding hydrogens is 348 g/mol.